The van der Waals surface area contributed by atoms with Crippen LogP contribution in [0.15, 0.2) is 30.3 Å². The second-order valence-corrected chi connectivity index (χ2v) is 12.4. The molecule has 8 heteroatoms. The molecule has 1 saturated heterocycles. The molecule has 0 radical (unpaired) electrons. The lowest BCUT2D eigenvalue weighted by Gasteiger charge is -2.31. The van der Waals surface area contributed by atoms with E-state index < -0.39 is 12.0 Å². The number of carbonyl (C=O) groups is 4. The number of rotatable bonds is 6. The van der Waals surface area contributed by atoms with Crippen molar-refractivity contribution in [2.75, 3.05) is 6.61 Å². The van der Waals surface area contributed by atoms with E-state index >= 15 is 0 Å². The Morgan fingerprint density at radius 1 is 1.03 bits per heavy atom. The zero-order valence-electron chi connectivity index (χ0n) is 22.8. The first kappa shape index (κ1) is 27.6. The lowest BCUT2D eigenvalue weighted by molar-refractivity contribution is -0.155. The average molecular weight is 597 g/mol. The number of alkyl halides is 1. The second-order valence-electron chi connectivity index (χ2n) is 11.3. The van der Waals surface area contributed by atoms with Gasteiger partial charge < -0.3 is 14.4 Å². The number of nitrogens with zero attached hydrogens (tertiary/aromatic N) is 1. The van der Waals surface area contributed by atoms with Gasteiger partial charge in [0.1, 0.15) is 18.4 Å². The molecule has 2 heterocycles. The third kappa shape index (κ3) is 5.15. The van der Waals surface area contributed by atoms with Crippen molar-refractivity contribution in [3.05, 3.63) is 52.6 Å². The molecule has 1 fully saturated rings. The van der Waals surface area contributed by atoms with Crippen LogP contribution in [0.4, 0.5) is 0 Å². The monoisotopic (exact) mass is 595 g/mol. The molecule has 39 heavy (non-hydrogen) atoms. The quantitative estimate of drug-likeness (QED) is 0.247. The van der Waals surface area contributed by atoms with Gasteiger partial charge in [-0.2, -0.15) is 0 Å². The molecule has 3 aliphatic rings. The number of benzene rings is 2. The average Bonchev–Trinajstić information content (AvgIpc) is 3.32. The maximum absolute atomic E-state index is 13.0. The number of esters is 1. The topological polar surface area (TPSA) is 90.0 Å². The van der Waals surface area contributed by atoms with Gasteiger partial charge in [0.25, 0.3) is 0 Å². The van der Waals surface area contributed by atoms with Gasteiger partial charge in [-0.25, -0.2) is 4.79 Å². The minimum absolute atomic E-state index is 0.0416. The van der Waals surface area contributed by atoms with Gasteiger partial charge in [0.15, 0.2) is 18.2 Å². The van der Waals surface area contributed by atoms with Crippen LogP contribution in [-0.2, 0) is 27.4 Å². The van der Waals surface area contributed by atoms with Crippen molar-refractivity contribution in [3.8, 4) is 16.9 Å². The van der Waals surface area contributed by atoms with Crippen LogP contribution in [0.2, 0.25) is 0 Å². The summed E-state index contributed by atoms with van der Waals surface area (Å²) >= 11 is 3.46. The number of ketones is 2. The number of fused-ring (bicyclic) bond motifs is 4. The van der Waals surface area contributed by atoms with Crippen LogP contribution in [-0.4, -0.2) is 51.9 Å². The standard InChI is InChI=1S/C31H34BrNO6/c1-16(2)18(4)30(36)33-17(3)5-10-26(33)31(37)39-15-27(34)20-6-8-22-21(11-20)14-38-28-13-23-19(12-24(22)28)7-9-25(32)29(23)35/h6,8,11-13,16-18,25-26H,5,7,9-10,14-15H2,1-4H3/t17-,18-,25?,26-/m0/s1. The molecule has 0 aromatic heterocycles. The molecule has 0 spiro atoms. The molecule has 0 N–H and O–H groups in total. The molecular weight excluding hydrogens is 562 g/mol. The van der Waals surface area contributed by atoms with Crippen LogP contribution in [0.5, 0.6) is 5.75 Å². The number of likely N-dealkylation sites (tertiary alicyclic amines) is 1. The van der Waals surface area contributed by atoms with E-state index in [1.165, 1.54) is 0 Å². The largest absolute Gasteiger partial charge is 0.488 e. The van der Waals surface area contributed by atoms with Gasteiger partial charge in [0, 0.05) is 28.7 Å². The number of Topliss-reactive ketones (excluding diaryl/α,β-unsaturated/α-hetero) is 2. The summed E-state index contributed by atoms with van der Waals surface area (Å²) in [6, 6.07) is 8.57. The third-order valence-corrected chi connectivity index (χ3v) is 9.33. The molecule has 1 unspecified atom stereocenters. The Kier molecular flexibility index (Phi) is 7.68. The molecule has 2 aromatic rings. The lowest BCUT2D eigenvalue weighted by atomic mass is 9.85. The molecule has 2 aliphatic heterocycles. The summed E-state index contributed by atoms with van der Waals surface area (Å²) in [4.78, 5) is 53.0. The fourth-order valence-electron chi connectivity index (χ4n) is 5.70. The van der Waals surface area contributed by atoms with Crippen molar-refractivity contribution < 1.29 is 28.7 Å². The highest BCUT2D eigenvalue weighted by Gasteiger charge is 2.41. The lowest BCUT2D eigenvalue weighted by Crippen LogP contribution is -2.47. The highest BCUT2D eigenvalue weighted by Crippen LogP contribution is 2.42. The summed E-state index contributed by atoms with van der Waals surface area (Å²) < 4.78 is 11.4. The molecule has 1 aliphatic carbocycles. The summed E-state index contributed by atoms with van der Waals surface area (Å²) in [6.45, 7) is 7.71. The SMILES string of the molecule is CC(C)[C@H](C)C(=O)N1[C@@H](C)CC[C@H]1C(=O)OCC(=O)c1ccc2c(c1)COc1cc3c(cc1-2)CCC(Br)C3=O. The maximum Gasteiger partial charge on any atom is 0.329 e. The van der Waals surface area contributed by atoms with Crippen LogP contribution < -0.4 is 4.74 Å². The van der Waals surface area contributed by atoms with Gasteiger partial charge in [0.05, 0.1) is 4.83 Å². The molecule has 5 rings (SSSR count). The molecular formula is C31H34BrNO6. The second kappa shape index (κ2) is 10.9. The molecule has 1 amide bonds. The molecule has 206 valence electrons. The molecule has 0 bridgehead atoms. The Morgan fingerprint density at radius 2 is 1.79 bits per heavy atom. The predicted molar refractivity (Wildman–Crippen MR) is 150 cm³/mol. The van der Waals surface area contributed by atoms with Gasteiger partial charge in [-0.3, -0.25) is 14.4 Å². The van der Waals surface area contributed by atoms with Crippen molar-refractivity contribution in [2.24, 2.45) is 11.8 Å². The van der Waals surface area contributed by atoms with Gasteiger partial charge in [-0.1, -0.05) is 48.8 Å². The third-order valence-electron chi connectivity index (χ3n) is 8.45. The number of hydrogen-bond acceptors (Lipinski definition) is 6. The number of halogens is 1. The van der Waals surface area contributed by atoms with E-state index in [9.17, 15) is 19.2 Å². The fourth-order valence-corrected chi connectivity index (χ4v) is 6.18. The minimum atomic E-state index is -0.660. The number of hydrogen-bond donors (Lipinski definition) is 0. The van der Waals surface area contributed by atoms with E-state index in [1.54, 1.807) is 17.0 Å². The van der Waals surface area contributed by atoms with E-state index in [0.29, 0.717) is 23.3 Å². The summed E-state index contributed by atoms with van der Waals surface area (Å²) in [6.07, 6.45) is 2.82. The van der Waals surface area contributed by atoms with E-state index in [-0.39, 0.29) is 53.4 Å². The highest BCUT2D eigenvalue weighted by molar-refractivity contribution is 9.10. The van der Waals surface area contributed by atoms with E-state index in [2.05, 4.69) is 15.9 Å². The fraction of sp³-hybridized carbons (Fsp3) is 0.484. The molecule has 2 aromatic carbocycles. The normalized spacial score (nSPS) is 22.5. The number of aryl methyl sites for hydroxylation is 1. The van der Waals surface area contributed by atoms with Gasteiger partial charge in [0.2, 0.25) is 5.91 Å². The van der Waals surface area contributed by atoms with E-state index in [4.69, 9.17) is 9.47 Å². The Morgan fingerprint density at radius 3 is 2.54 bits per heavy atom. The summed E-state index contributed by atoms with van der Waals surface area (Å²) in [5, 5.41) is 0. The van der Waals surface area contributed by atoms with Crippen molar-refractivity contribution in [2.45, 2.75) is 76.9 Å². The Bertz CT molecular complexity index is 1350. The minimum Gasteiger partial charge on any atom is -0.488 e. The van der Waals surface area contributed by atoms with Crippen LogP contribution in [0.3, 0.4) is 0 Å². The van der Waals surface area contributed by atoms with E-state index in [1.807, 2.05) is 45.9 Å². The Balaban J connectivity index is 1.28. The first-order valence-electron chi connectivity index (χ1n) is 13.7. The smallest absolute Gasteiger partial charge is 0.329 e. The van der Waals surface area contributed by atoms with Gasteiger partial charge >= 0.3 is 5.97 Å². The molecule has 4 atom stereocenters. The molecule has 0 saturated carbocycles. The Labute approximate surface area is 237 Å². The van der Waals surface area contributed by atoms with Crippen LogP contribution in [0, 0.1) is 11.8 Å². The first-order valence-corrected chi connectivity index (χ1v) is 14.6. The Hall–Kier alpha value is -3.00. The van der Waals surface area contributed by atoms with Gasteiger partial charge in [-0.05, 0) is 73.4 Å². The van der Waals surface area contributed by atoms with Crippen LogP contribution in [0.1, 0.15) is 78.8 Å². The summed E-state index contributed by atoms with van der Waals surface area (Å²) in [5.41, 5.74) is 4.89. The molecule has 7 nitrogen and oxygen atoms in total. The first-order chi connectivity index (χ1) is 18.6. The van der Waals surface area contributed by atoms with Crippen molar-refractivity contribution in [1.29, 1.82) is 0 Å². The van der Waals surface area contributed by atoms with E-state index in [0.717, 1.165) is 41.5 Å². The van der Waals surface area contributed by atoms with Crippen molar-refractivity contribution in [1.82, 2.24) is 4.90 Å². The summed E-state index contributed by atoms with van der Waals surface area (Å²) in [5.74, 6) is -0.168. The number of ether oxygens (including phenoxy) is 2. The van der Waals surface area contributed by atoms with Crippen LogP contribution in [0.25, 0.3) is 11.1 Å². The zero-order valence-corrected chi connectivity index (χ0v) is 24.4. The maximum atomic E-state index is 13.0. The number of amides is 1. The summed E-state index contributed by atoms with van der Waals surface area (Å²) in [7, 11) is 0. The van der Waals surface area contributed by atoms with Gasteiger partial charge in [-0.15, -0.1) is 0 Å². The highest BCUT2D eigenvalue weighted by atomic mass is 79.9. The van der Waals surface area contributed by atoms with Crippen molar-refractivity contribution >= 4 is 39.4 Å². The zero-order chi connectivity index (χ0) is 28.0. The van der Waals surface area contributed by atoms with Crippen molar-refractivity contribution in [3.63, 3.8) is 0 Å². The predicted octanol–water partition coefficient (Wildman–Crippen LogP) is 5.54. The number of carbonyl (C=O) groups excluding carboxylic acids is 4. The van der Waals surface area contributed by atoms with Crippen LogP contribution >= 0.6 is 15.9 Å².